The Bertz CT molecular complexity index is 1010. The summed E-state index contributed by atoms with van der Waals surface area (Å²) >= 11 is 6.12. The van der Waals surface area contributed by atoms with E-state index >= 15 is 0 Å². The van der Waals surface area contributed by atoms with Crippen LogP contribution in [-0.2, 0) is 0 Å². The van der Waals surface area contributed by atoms with E-state index in [0.29, 0.717) is 5.69 Å². The van der Waals surface area contributed by atoms with Gasteiger partial charge in [-0.15, -0.1) is 5.11 Å². The van der Waals surface area contributed by atoms with Gasteiger partial charge in [-0.05, 0) is 43.7 Å². The Morgan fingerprint density at radius 3 is 2.34 bits per heavy atom. The number of benzene rings is 2. The molecule has 0 N–H and O–H groups in total. The van der Waals surface area contributed by atoms with Crippen LogP contribution < -0.4 is 4.90 Å². The van der Waals surface area contributed by atoms with Crippen molar-refractivity contribution < 1.29 is 9.41 Å². The molecule has 0 atom stereocenters. The smallest absolute Gasteiger partial charge is 0.271 e. The van der Waals surface area contributed by atoms with E-state index in [2.05, 4.69) is 39.1 Å². The molecular weight excluding hydrogens is 428 g/mol. The SMILES string of the molecule is CCN(CC[N+]12CCN(CC1)CC2)c1ccc(/N=N/c2ccc([N+](=O)[O-])cc2Cl)c(C)c1. The molecule has 3 fully saturated rings. The summed E-state index contributed by atoms with van der Waals surface area (Å²) in [4.78, 5) is 15.4. The molecule has 8 nitrogen and oxygen atoms in total. The molecule has 2 bridgehead atoms. The maximum absolute atomic E-state index is 10.9. The molecule has 3 heterocycles. The number of hydrogen-bond acceptors (Lipinski definition) is 6. The summed E-state index contributed by atoms with van der Waals surface area (Å²) in [6.07, 6.45) is 0. The number of nitro benzene ring substituents is 1. The molecule has 3 saturated heterocycles. The molecular formula is C23H30ClN6O2+. The number of quaternary nitrogens is 1. The van der Waals surface area contributed by atoms with Gasteiger partial charge in [0, 0.05) is 44.0 Å². The fourth-order valence-electron chi connectivity index (χ4n) is 4.62. The topological polar surface area (TPSA) is 74.3 Å². The molecule has 2 aromatic carbocycles. The molecule has 32 heavy (non-hydrogen) atoms. The summed E-state index contributed by atoms with van der Waals surface area (Å²) in [5.41, 5.74) is 3.33. The predicted molar refractivity (Wildman–Crippen MR) is 128 cm³/mol. The van der Waals surface area contributed by atoms with Gasteiger partial charge >= 0.3 is 0 Å². The number of piperazine rings is 3. The van der Waals surface area contributed by atoms with Crippen LogP contribution in [0.5, 0.6) is 0 Å². The minimum atomic E-state index is -0.481. The number of halogens is 1. The lowest BCUT2D eigenvalue weighted by molar-refractivity contribution is -0.939. The normalized spacial score (nSPS) is 22.4. The molecule has 2 aromatic rings. The van der Waals surface area contributed by atoms with Gasteiger partial charge in [-0.1, -0.05) is 11.6 Å². The molecule has 0 aliphatic carbocycles. The lowest BCUT2D eigenvalue weighted by atomic mass is 10.1. The van der Waals surface area contributed by atoms with Crippen LogP contribution in [0.25, 0.3) is 0 Å². The van der Waals surface area contributed by atoms with Gasteiger partial charge in [-0.3, -0.25) is 15.0 Å². The van der Waals surface area contributed by atoms with Crippen LogP contribution >= 0.6 is 11.6 Å². The number of anilines is 1. The van der Waals surface area contributed by atoms with Crippen molar-refractivity contribution in [1.82, 2.24) is 4.90 Å². The van der Waals surface area contributed by atoms with E-state index in [4.69, 9.17) is 11.6 Å². The molecule has 5 rings (SSSR count). The lowest BCUT2D eigenvalue weighted by Gasteiger charge is -2.51. The maximum Gasteiger partial charge on any atom is 0.271 e. The minimum Gasteiger partial charge on any atom is -0.366 e. The van der Waals surface area contributed by atoms with Gasteiger partial charge in [0.2, 0.25) is 0 Å². The Morgan fingerprint density at radius 2 is 1.75 bits per heavy atom. The standard InChI is InChI=1S/C23H30ClN6O2/c1-3-28(11-15-30-12-8-27(9-13-30)10-14-30)19-4-6-22(18(2)16-19)25-26-23-7-5-20(29(31)32)17-21(23)24/h4-7,16-17H,3,8-15H2,1-2H3/q+1/b26-25+. The summed E-state index contributed by atoms with van der Waals surface area (Å²) in [6, 6.07) is 10.4. The Kier molecular flexibility index (Phi) is 6.74. The van der Waals surface area contributed by atoms with E-state index in [0.717, 1.165) is 24.3 Å². The molecule has 0 radical (unpaired) electrons. The van der Waals surface area contributed by atoms with Gasteiger partial charge < -0.3 is 9.38 Å². The highest BCUT2D eigenvalue weighted by Gasteiger charge is 2.38. The zero-order valence-electron chi connectivity index (χ0n) is 18.7. The third-order valence-corrected chi connectivity index (χ3v) is 7.15. The number of non-ortho nitro benzene ring substituents is 1. The first-order valence-electron chi connectivity index (χ1n) is 11.2. The number of fused-ring (bicyclic) bond motifs is 3. The third kappa shape index (κ3) is 4.92. The van der Waals surface area contributed by atoms with Gasteiger partial charge in [-0.2, -0.15) is 5.11 Å². The molecule has 3 aliphatic rings. The highest BCUT2D eigenvalue weighted by atomic mass is 35.5. The van der Waals surface area contributed by atoms with E-state index in [1.165, 1.54) is 74.2 Å². The summed E-state index contributed by atoms with van der Waals surface area (Å²) < 4.78 is 1.26. The summed E-state index contributed by atoms with van der Waals surface area (Å²) in [5, 5.41) is 19.6. The van der Waals surface area contributed by atoms with Gasteiger partial charge in [0.15, 0.2) is 0 Å². The fraction of sp³-hybridized carbons (Fsp3) is 0.478. The van der Waals surface area contributed by atoms with Crippen molar-refractivity contribution >= 4 is 34.4 Å². The van der Waals surface area contributed by atoms with E-state index in [9.17, 15) is 10.1 Å². The highest BCUT2D eigenvalue weighted by molar-refractivity contribution is 6.33. The lowest BCUT2D eigenvalue weighted by Crippen LogP contribution is -2.68. The number of nitrogens with zero attached hydrogens (tertiary/aromatic N) is 6. The number of hydrogen-bond donors (Lipinski definition) is 0. The predicted octanol–water partition coefficient (Wildman–Crippen LogP) is 4.94. The molecule has 0 saturated carbocycles. The van der Waals surface area contributed by atoms with E-state index in [1.807, 2.05) is 13.0 Å². The van der Waals surface area contributed by atoms with Crippen molar-refractivity contribution in [3.05, 3.63) is 57.1 Å². The van der Waals surface area contributed by atoms with Gasteiger partial charge in [-0.25, -0.2) is 0 Å². The molecule has 3 aliphatic heterocycles. The summed E-state index contributed by atoms with van der Waals surface area (Å²) in [7, 11) is 0. The Balaban J connectivity index is 1.43. The second kappa shape index (κ2) is 9.52. The quantitative estimate of drug-likeness (QED) is 0.243. The first-order valence-corrected chi connectivity index (χ1v) is 11.6. The first kappa shape index (κ1) is 22.6. The number of likely N-dealkylation sites (N-methyl/N-ethyl adjacent to an activating group) is 1. The van der Waals surface area contributed by atoms with Crippen molar-refractivity contribution in [2.45, 2.75) is 13.8 Å². The van der Waals surface area contributed by atoms with Crippen LogP contribution in [-0.4, -0.2) is 73.2 Å². The molecule has 9 heteroatoms. The number of aryl methyl sites for hydroxylation is 1. The van der Waals surface area contributed by atoms with Crippen LogP contribution in [0.3, 0.4) is 0 Å². The number of azo groups is 1. The van der Waals surface area contributed by atoms with Gasteiger partial charge in [0.1, 0.15) is 5.69 Å². The third-order valence-electron chi connectivity index (χ3n) is 6.85. The maximum atomic E-state index is 10.9. The van der Waals surface area contributed by atoms with Crippen LogP contribution in [0.1, 0.15) is 12.5 Å². The number of rotatable bonds is 8. The van der Waals surface area contributed by atoms with E-state index in [1.54, 1.807) is 0 Å². The first-order chi connectivity index (χ1) is 15.4. The van der Waals surface area contributed by atoms with E-state index in [-0.39, 0.29) is 10.7 Å². The zero-order valence-corrected chi connectivity index (χ0v) is 19.5. The fourth-order valence-corrected chi connectivity index (χ4v) is 4.83. The van der Waals surface area contributed by atoms with Gasteiger partial charge in [0.25, 0.3) is 5.69 Å². The minimum absolute atomic E-state index is 0.0638. The summed E-state index contributed by atoms with van der Waals surface area (Å²) in [5.74, 6) is 0. The van der Waals surface area contributed by atoms with Gasteiger partial charge in [0.05, 0.1) is 48.4 Å². The number of nitro groups is 1. The molecule has 0 unspecified atom stereocenters. The molecule has 0 aromatic heterocycles. The Morgan fingerprint density at radius 1 is 1.09 bits per heavy atom. The van der Waals surface area contributed by atoms with Crippen molar-refractivity contribution in [1.29, 1.82) is 0 Å². The van der Waals surface area contributed by atoms with Crippen LogP contribution in [0.2, 0.25) is 5.02 Å². The molecule has 0 spiro atoms. The Hall–Kier alpha value is -2.55. The van der Waals surface area contributed by atoms with E-state index < -0.39 is 4.92 Å². The summed E-state index contributed by atoms with van der Waals surface area (Å²) in [6.45, 7) is 15.0. The average molecular weight is 458 g/mol. The second-order valence-corrected chi connectivity index (χ2v) is 9.13. The van der Waals surface area contributed by atoms with Crippen molar-refractivity contribution in [3.63, 3.8) is 0 Å². The highest BCUT2D eigenvalue weighted by Crippen LogP contribution is 2.32. The largest absolute Gasteiger partial charge is 0.366 e. The monoisotopic (exact) mass is 457 g/mol. The van der Waals surface area contributed by atoms with Crippen LogP contribution in [0, 0.1) is 17.0 Å². The van der Waals surface area contributed by atoms with Crippen molar-refractivity contribution in [2.24, 2.45) is 10.2 Å². The zero-order chi connectivity index (χ0) is 22.7. The Labute approximate surface area is 193 Å². The second-order valence-electron chi connectivity index (χ2n) is 8.72. The van der Waals surface area contributed by atoms with Crippen LogP contribution in [0.15, 0.2) is 46.6 Å². The van der Waals surface area contributed by atoms with Crippen molar-refractivity contribution in [3.8, 4) is 0 Å². The van der Waals surface area contributed by atoms with Crippen molar-refractivity contribution in [2.75, 3.05) is 63.8 Å². The molecule has 0 amide bonds. The molecule has 170 valence electrons. The van der Waals surface area contributed by atoms with Crippen LogP contribution in [0.4, 0.5) is 22.7 Å². The average Bonchev–Trinajstić information content (AvgIpc) is 2.80.